The van der Waals surface area contributed by atoms with E-state index in [-0.39, 0.29) is 6.54 Å². The molecule has 0 saturated carbocycles. The van der Waals surface area contributed by atoms with Crippen molar-refractivity contribution in [2.75, 3.05) is 13.1 Å². The highest BCUT2D eigenvalue weighted by molar-refractivity contribution is 6.31. The van der Waals surface area contributed by atoms with Gasteiger partial charge in [0.25, 0.3) is 0 Å². The molecule has 1 heterocycles. The molecule has 1 aliphatic rings. The molecule has 1 aliphatic heterocycles. The van der Waals surface area contributed by atoms with Crippen molar-refractivity contribution >= 4 is 17.9 Å². The highest BCUT2D eigenvalue weighted by Crippen LogP contribution is 2.11. The minimum Gasteiger partial charge on any atom is -0.383 e. The minimum atomic E-state index is -1.37. The van der Waals surface area contributed by atoms with Crippen molar-refractivity contribution in [1.82, 2.24) is 10.5 Å². The summed E-state index contributed by atoms with van der Waals surface area (Å²) in [4.78, 5) is 45.3. The van der Waals surface area contributed by atoms with E-state index in [2.05, 4.69) is 10.1 Å². The van der Waals surface area contributed by atoms with Crippen LogP contribution in [0.4, 0.5) is 0 Å². The van der Waals surface area contributed by atoms with Crippen molar-refractivity contribution in [1.29, 1.82) is 0 Å². The van der Waals surface area contributed by atoms with Crippen LogP contribution in [-0.4, -0.2) is 42.3 Å². The van der Waals surface area contributed by atoms with Gasteiger partial charge < -0.3 is 19.7 Å². The molecule has 0 bridgehead atoms. The summed E-state index contributed by atoms with van der Waals surface area (Å²) in [5, 5.41) is 3.77. The number of hydrogen-bond donors (Lipinski definition) is 1. The lowest BCUT2D eigenvalue weighted by Gasteiger charge is -2.21. The van der Waals surface area contributed by atoms with Crippen molar-refractivity contribution in [2.24, 2.45) is 0 Å². The zero-order valence-corrected chi connectivity index (χ0v) is 13.4. The third-order valence-electron chi connectivity index (χ3n) is 3.35. The molecule has 1 atom stereocenters. The quantitative estimate of drug-likeness (QED) is 0.368. The molecule has 0 aliphatic carbocycles. The fourth-order valence-corrected chi connectivity index (χ4v) is 2.13. The van der Waals surface area contributed by atoms with E-state index in [0.717, 1.165) is 18.1 Å². The molecule has 130 valence electrons. The predicted molar refractivity (Wildman–Crippen MR) is 82.3 cm³/mol. The van der Waals surface area contributed by atoms with Crippen LogP contribution in [0, 0.1) is 0 Å². The van der Waals surface area contributed by atoms with E-state index in [9.17, 15) is 14.4 Å². The molecule has 8 nitrogen and oxygen atoms in total. The van der Waals surface area contributed by atoms with Crippen LogP contribution in [0.3, 0.4) is 0 Å². The standard InChI is InChI=1S/C16H20N2O6/c1-2-18(23-12-8-4-3-5-9-12)24-16(21)15(20)22-14(19)13-10-6-7-11-17-13/h3-5,8-9,13,17H,2,6-7,10-11H2,1H3/t13-/m0/s1. The van der Waals surface area contributed by atoms with Gasteiger partial charge in [-0.05, 0) is 38.4 Å². The van der Waals surface area contributed by atoms with Crippen LogP contribution >= 0.6 is 0 Å². The van der Waals surface area contributed by atoms with Gasteiger partial charge in [0.1, 0.15) is 6.04 Å². The Kier molecular flexibility index (Phi) is 6.71. The first-order valence-electron chi connectivity index (χ1n) is 7.82. The predicted octanol–water partition coefficient (Wildman–Crippen LogP) is 0.972. The molecule has 1 saturated heterocycles. The van der Waals surface area contributed by atoms with E-state index in [0.29, 0.717) is 18.7 Å². The Hall–Kier alpha value is -2.45. The molecule has 0 unspecified atom stereocenters. The molecule has 1 aromatic carbocycles. The first kappa shape index (κ1) is 17.9. The van der Waals surface area contributed by atoms with Gasteiger partial charge in [-0.3, -0.25) is 0 Å². The normalized spacial score (nSPS) is 17.2. The van der Waals surface area contributed by atoms with Gasteiger partial charge in [0, 0.05) is 5.23 Å². The van der Waals surface area contributed by atoms with Crippen molar-refractivity contribution in [2.45, 2.75) is 32.2 Å². The van der Waals surface area contributed by atoms with Gasteiger partial charge >= 0.3 is 17.9 Å². The van der Waals surface area contributed by atoms with E-state index in [4.69, 9.17) is 9.68 Å². The molecule has 0 aromatic heterocycles. The average molecular weight is 336 g/mol. The maximum Gasteiger partial charge on any atom is 0.439 e. The Morgan fingerprint density at radius 1 is 1.17 bits per heavy atom. The number of nitrogens with one attached hydrogen (secondary N) is 1. The average Bonchev–Trinajstić information content (AvgIpc) is 2.62. The molecule has 8 heteroatoms. The van der Waals surface area contributed by atoms with Crippen LogP contribution in [0.1, 0.15) is 26.2 Å². The highest BCUT2D eigenvalue weighted by atomic mass is 17.0. The third kappa shape index (κ3) is 5.32. The monoisotopic (exact) mass is 336 g/mol. The third-order valence-corrected chi connectivity index (χ3v) is 3.35. The molecule has 1 N–H and O–H groups in total. The van der Waals surface area contributed by atoms with Gasteiger partial charge in [0.15, 0.2) is 5.75 Å². The van der Waals surface area contributed by atoms with E-state index in [1.165, 1.54) is 0 Å². The molecule has 0 spiro atoms. The molecule has 2 rings (SSSR count). The number of hydrogen-bond acceptors (Lipinski definition) is 8. The van der Waals surface area contributed by atoms with Gasteiger partial charge in [-0.2, -0.15) is 0 Å². The lowest BCUT2D eigenvalue weighted by atomic mass is 10.1. The van der Waals surface area contributed by atoms with Gasteiger partial charge in [0.05, 0.1) is 6.54 Å². The minimum absolute atomic E-state index is 0.173. The number of piperidine rings is 1. The molecule has 1 fully saturated rings. The van der Waals surface area contributed by atoms with Crippen LogP contribution in [0.2, 0.25) is 0 Å². The van der Waals surface area contributed by atoms with Crippen LogP contribution in [-0.2, 0) is 24.0 Å². The Balaban J connectivity index is 1.83. The summed E-state index contributed by atoms with van der Waals surface area (Å²) in [5.74, 6) is -3.04. The highest BCUT2D eigenvalue weighted by Gasteiger charge is 2.29. The zero-order valence-electron chi connectivity index (χ0n) is 13.4. The van der Waals surface area contributed by atoms with Crippen molar-refractivity contribution < 1.29 is 28.8 Å². The summed E-state index contributed by atoms with van der Waals surface area (Å²) in [7, 11) is 0. The van der Waals surface area contributed by atoms with E-state index >= 15 is 0 Å². The first-order chi connectivity index (χ1) is 11.6. The van der Waals surface area contributed by atoms with Crippen LogP contribution < -0.4 is 10.2 Å². The SMILES string of the molecule is CCN(OC(=O)C(=O)OC(=O)[C@@H]1CCCCN1)Oc1ccccc1. The fraction of sp³-hybridized carbons (Fsp3) is 0.438. The molecule has 0 amide bonds. The molecule has 1 aromatic rings. The number of esters is 2. The lowest BCUT2D eigenvalue weighted by molar-refractivity contribution is -0.293. The van der Waals surface area contributed by atoms with Gasteiger partial charge in [-0.25, -0.2) is 14.4 Å². The second kappa shape index (κ2) is 8.99. The number of benzene rings is 1. The molecule has 0 radical (unpaired) electrons. The number of hydroxylamine groups is 2. The smallest absolute Gasteiger partial charge is 0.383 e. The molecular weight excluding hydrogens is 316 g/mol. The zero-order chi connectivity index (χ0) is 17.4. The lowest BCUT2D eigenvalue weighted by Crippen LogP contribution is -2.43. The topological polar surface area (TPSA) is 94.2 Å². The van der Waals surface area contributed by atoms with Crippen molar-refractivity contribution in [3.8, 4) is 5.75 Å². The number of nitrogens with zero attached hydrogens (tertiary/aromatic N) is 1. The van der Waals surface area contributed by atoms with Crippen molar-refractivity contribution in [3.63, 3.8) is 0 Å². The molecular formula is C16H20N2O6. The number of carbonyl (C=O) groups excluding carboxylic acids is 3. The summed E-state index contributed by atoms with van der Waals surface area (Å²) >= 11 is 0. The second-order valence-electron chi connectivity index (χ2n) is 5.14. The summed E-state index contributed by atoms with van der Waals surface area (Å²) < 4.78 is 4.55. The van der Waals surface area contributed by atoms with E-state index in [1.54, 1.807) is 37.3 Å². The fourth-order valence-electron chi connectivity index (χ4n) is 2.13. The maximum atomic E-state index is 11.8. The Morgan fingerprint density at radius 2 is 1.92 bits per heavy atom. The number of para-hydroxylation sites is 1. The summed E-state index contributed by atoms with van der Waals surface area (Å²) in [5.41, 5.74) is 0. The van der Waals surface area contributed by atoms with Crippen LogP contribution in [0.5, 0.6) is 5.75 Å². The Morgan fingerprint density at radius 3 is 2.54 bits per heavy atom. The number of carbonyl (C=O) groups is 3. The van der Waals surface area contributed by atoms with Crippen LogP contribution in [0.15, 0.2) is 30.3 Å². The second-order valence-corrected chi connectivity index (χ2v) is 5.14. The van der Waals surface area contributed by atoms with Gasteiger partial charge in [-0.1, -0.05) is 24.6 Å². The van der Waals surface area contributed by atoms with E-state index < -0.39 is 23.9 Å². The maximum absolute atomic E-state index is 11.8. The van der Waals surface area contributed by atoms with Gasteiger partial charge in [-0.15, -0.1) is 0 Å². The Bertz CT molecular complexity index is 571. The summed E-state index contributed by atoms with van der Waals surface area (Å²) in [6.07, 6.45) is 2.39. The van der Waals surface area contributed by atoms with Crippen LogP contribution in [0.25, 0.3) is 0 Å². The number of ether oxygens (including phenoxy) is 1. The first-order valence-corrected chi connectivity index (χ1v) is 7.82. The molecule has 24 heavy (non-hydrogen) atoms. The summed E-state index contributed by atoms with van der Waals surface area (Å²) in [6, 6.07) is 8.04. The number of rotatable bonds is 5. The Labute approximate surface area is 139 Å². The van der Waals surface area contributed by atoms with Crippen molar-refractivity contribution in [3.05, 3.63) is 30.3 Å². The van der Waals surface area contributed by atoms with E-state index in [1.807, 2.05) is 0 Å². The van der Waals surface area contributed by atoms with Gasteiger partial charge in [0.2, 0.25) is 0 Å². The largest absolute Gasteiger partial charge is 0.439 e. The summed E-state index contributed by atoms with van der Waals surface area (Å²) in [6.45, 7) is 2.51.